The van der Waals surface area contributed by atoms with Gasteiger partial charge < -0.3 is 10.9 Å². The highest BCUT2D eigenvalue weighted by atomic mass is 16.4. The fourth-order valence-electron chi connectivity index (χ4n) is 1.64. The first-order chi connectivity index (χ1) is 8.40. The third-order valence-electron chi connectivity index (χ3n) is 3.65. The molecule has 0 unspecified atom stereocenters. The maximum Gasteiger partial charge on any atom is 0.170 e. The molecule has 4 nitrogen and oxygen atoms in total. The number of rotatable bonds is 5. The van der Waals surface area contributed by atoms with E-state index in [2.05, 4.69) is 43.9 Å². The van der Waals surface area contributed by atoms with Crippen LogP contribution in [0.15, 0.2) is 29.4 Å². The molecule has 1 aromatic rings. The molecule has 0 aliphatic carbocycles. The van der Waals surface area contributed by atoms with Crippen LogP contribution < -0.4 is 5.73 Å². The first-order valence-electron chi connectivity index (χ1n) is 6.18. The number of benzene rings is 1. The molecule has 0 atom stereocenters. The number of oxime groups is 1. The van der Waals surface area contributed by atoms with Crippen LogP contribution in [0.25, 0.3) is 0 Å². The molecule has 1 rings (SSSR count). The van der Waals surface area contributed by atoms with Crippen LogP contribution in [0, 0.1) is 0 Å². The summed E-state index contributed by atoms with van der Waals surface area (Å²) in [5.41, 5.74) is 7.66. The Morgan fingerprint density at radius 3 is 2.67 bits per heavy atom. The number of hydrogen-bond acceptors (Lipinski definition) is 3. The van der Waals surface area contributed by atoms with E-state index in [1.54, 1.807) is 0 Å². The van der Waals surface area contributed by atoms with Crippen LogP contribution in [0.2, 0.25) is 0 Å². The van der Waals surface area contributed by atoms with Crippen LogP contribution in [0.3, 0.4) is 0 Å². The van der Waals surface area contributed by atoms with Gasteiger partial charge in [-0.1, -0.05) is 30.3 Å². The average Bonchev–Trinajstić information content (AvgIpc) is 2.38. The molecule has 18 heavy (non-hydrogen) atoms. The van der Waals surface area contributed by atoms with Gasteiger partial charge in [-0.15, -0.1) is 0 Å². The molecule has 0 aromatic heterocycles. The normalized spacial score (nSPS) is 13.1. The van der Waals surface area contributed by atoms with Crippen LogP contribution in [-0.2, 0) is 6.54 Å². The van der Waals surface area contributed by atoms with Crippen LogP contribution in [0.5, 0.6) is 0 Å². The van der Waals surface area contributed by atoms with E-state index in [0.29, 0.717) is 0 Å². The molecule has 1 aromatic carbocycles. The quantitative estimate of drug-likeness (QED) is 0.364. The fraction of sp³-hybridized carbons (Fsp3) is 0.500. The Bertz CT molecular complexity index is 427. The zero-order valence-electron chi connectivity index (χ0n) is 11.6. The monoisotopic (exact) mass is 249 g/mol. The Morgan fingerprint density at radius 1 is 1.44 bits per heavy atom. The lowest BCUT2D eigenvalue weighted by molar-refractivity contribution is 0.143. The lowest BCUT2D eigenvalue weighted by Gasteiger charge is -2.34. The largest absolute Gasteiger partial charge is 0.409 e. The summed E-state index contributed by atoms with van der Waals surface area (Å²) in [5.74, 6) is 0.147. The lowest BCUT2D eigenvalue weighted by atomic mass is 9.99. The molecular formula is C14H23N3O. The van der Waals surface area contributed by atoms with Crippen molar-refractivity contribution in [2.45, 2.75) is 39.3 Å². The molecule has 0 spiro atoms. The van der Waals surface area contributed by atoms with Crippen molar-refractivity contribution in [2.24, 2.45) is 10.9 Å². The maximum atomic E-state index is 8.68. The van der Waals surface area contributed by atoms with E-state index in [9.17, 15) is 0 Å². The Morgan fingerprint density at radius 2 is 2.11 bits per heavy atom. The van der Waals surface area contributed by atoms with Crippen molar-refractivity contribution >= 4 is 5.84 Å². The molecule has 0 saturated carbocycles. The number of nitrogens with zero attached hydrogens (tertiary/aromatic N) is 2. The van der Waals surface area contributed by atoms with E-state index in [1.165, 1.54) is 0 Å². The van der Waals surface area contributed by atoms with Crippen LogP contribution in [0.4, 0.5) is 0 Å². The van der Waals surface area contributed by atoms with Crippen molar-refractivity contribution in [3.8, 4) is 0 Å². The highest BCUT2D eigenvalue weighted by molar-refractivity contribution is 5.97. The van der Waals surface area contributed by atoms with Gasteiger partial charge >= 0.3 is 0 Å². The summed E-state index contributed by atoms with van der Waals surface area (Å²) in [7, 11) is 2.11. The zero-order chi connectivity index (χ0) is 13.8. The Balaban J connectivity index is 2.86. The van der Waals surface area contributed by atoms with E-state index in [-0.39, 0.29) is 11.4 Å². The van der Waals surface area contributed by atoms with E-state index < -0.39 is 0 Å². The highest BCUT2D eigenvalue weighted by Crippen LogP contribution is 2.19. The summed E-state index contributed by atoms with van der Waals surface area (Å²) >= 11 is 0. The SMILES string of the molecule is CCC(C)(C)N(C)Cc1cccc(C(N)=NO)c1. The average molecular weight is 249 g/mol. The number of nitrogens with two attached hydrogens (primary N) is 1. The highest BCUT2D eigenvalue weighted by Gasteiger charge is 2.20. The first kappa shape index (κ1) is 14.5. The molecule has 4 heteroatoms. The van der Waals surface area contributed by atoms with Crippen molar-refractivity contribution in [1.82, 2.24) is 4.90 Å². The Labute approximate surface area is 109 Å². The summed E-state index contributed by atoms with van der Waals surface area (Å²) in [4.78, 5) is 2.30. The van der Waals surface area contributed by atoms with Gasteiger partial charge in [0.2, 0.25) is 0 Å². The summed E-state index contributed by atoms with van der Waals surface area (Å²) in [5, 5.41) is 11.7. The van der Waals surface area contributed by atoms with Crippen LogP contribution in [-0.4, -0.2) is 28.5 Å². The molecule has 3 N–H and O–H groups in total. The minimum absolute atomic E-state index is 0.147. The van der Waals surface area contributed by atoms with E-state index in [4.69, 9.17) is 10.9 Å². The molecule has 0 aliphatic rings. The summed E-state index contributed by atoms with van der Waals surface area (Å²) in [6.07, 6.45) is 1.09. The third kappa shape index (κ3) is 3.47. The minimum Gasteiger partial charge on any atom is -0.409 e. The van der Waals surface area contributed by atoms with Gasteiger partial charge in [-0.3, -0.25) is 4.90 Å². The van der Waals surface area contributed by atoms with Gasteiger partial charge in [0.15, 0.2) is 5.84 Å². The predicted octanol–water partition coefficient (Wildman–Crippen LogP) is 2.40. The van der Waals surface area contributed by atoms with Crippen LogP contribution >= 0.6 is 0 Å². The third-order valence-corrected chi connectivity index (χ3v) is 3.65. The predicted molar refractivity (Wildman–Crippen MR) is 74.8 cm³/mol. The van der Waals surface area contributed by atoms with E-state index in [1.807, 2.05) is 18.2 Å². The molecule has 0 fully saturated rings. The Hall–Kier alpha value is -1.55. The van der Waals surface area contributed by atoms with Gasteiger partial charge in [0.05, 0.1) is 0 Å². The molecule has 0 saturated heterocycles. The van der Waals surface area contributed by atoms with Crippen molar-refractivity contribution in [3.05, 3.63) is 35.4 Å². The second-order valence-electron chi connectivity index (χ2n) is 5.21. The fourth-order valence-corrected chi connectivity index (χ4v) is 1.64. The summed E-state index contributed by atoms with van der Waals surface area (Å²) < 4.78 is 0. The van der Waals surface area contributed by atoms with Gasteiger partial charge in [0.25, 0.3) is 0 Å². The summed E-state index contributed by atoms with van der Waals surface area (Å²) in [6, 6.07) is 7.77. The number of hydrogen-bond donors (Lipinski definition) is 2. The smallest absolute Gasteiger partial charge is 0.170 e. The number of amidine groups is 1. The van der Waals surface area contributed by atoms with Gasteiger partial charge in [0.1, 0.15) is 0 Å². The molecule has 0 bridgehead atoms. The first-order valence-corrected chi connectivity index (χ1v) is 6.18. The standard InChI is InChI=1S/C14H23N3O/c1-5-14(2,3)17(4)10-11-7-6-8-12(9-11)13(15)16-18/h6-9,18H,5,10H2,1-4H3,(H2,15,16). The minimum atomic E-state index is 0.147. The maximum absolute atomic E-state index is 8.68. The molecular weight excluding hydrogens is 226 g/mol. The lowest BCUT2D eigenvalue weighted by Crippen LogP contribution is -2.39. The molecule has 0 aliphatic heterocycles. The second-order valence-corrected chi connectivity index (χ2v) is 5.21. The second kappa shape index (κ2) is 5.87. The summed E-state index contributed by atoms with van der Waals surface area (Å²) in [6.45, 7) is 7.47. The van der Waals surface area contributed by atoms with E-state index >= 15 is 0 Å². The molecule has 0 amide bonds. The van der Waals surface area contributed by atoms with Gasteiger partial charge in [0, 0.05) is 17.6 Å². The van der Waals surface area contributed by atoms with Gasteiger partial charge in [-0.05, 0) is 38.9 Å². The molecule has 0 heterocycles. The van der Waals surface area contributed by atoms with Crippen molar-refractivity contribution in [3.63, 3.8) is 0 Å². The van der Waals surface area contributed by atoms with Crippen molar-refractivity contribution in [2.75, 3.05) is 7.05 Å². The van der Waals surface area contributed by atoms with E-state index in [0.717, 1.165) is 24.1 Å². The van der Waals surface area contributed by atoms with Crippen molar-refractivity contribution in [1.29, 1.82) is 0 Å². The van der Waals surface area contributed by atoms with Crippen molar-refractivity contribution < 1.29 is 5.21 Å². The Kier molecular flexibility index (Phi) is 4.73. The van der Waals surface area contributed by atoms with Crippen LogP contribution in [0.1, 0.15) is 38.3 Å². The van der Waals surface area contributed by atoms with Gasteiger partial charge in [-0.2, -0.15) is 0 Å². The topological polar surface area (TPSA) is 61.8 Å². The zero-order valence-corrected chi connectivity index (χ0v) is 11.6. The van der Waals surface area contributed by atoms with Gasteiger partial charge in [-0.25, -0.2) is 0 Å². The molecule has 100 valence electrons. The molecule has 0 radical (unpaired) electrons.